The third-order valence-corrected chi connectivity index (χ3v) is 9.22. The Morgan fingerprint density at radius 3 is 2.62 bits per heavy atom. The molecule has 2 aliphatic carbocycles. The molecule has 2 aliphatic rings. The molecule has 0 spiro atoms. The van der Waals surface area contributed by atoms with E-state index in [9.17, 15) is 26.4 Å². The molecule has 2 aromatic heterocycles. The average Bonchev–Trinajstić information content (AvgIpc) is 3.28. The number of ketones is 1. The number of alkyl halides is 3. The molecule has 1 N–H and O–H groups in total. The number of carbonyl (C=O) groups excluding carboxylic acids is 1. The van der Waals surface area contributed by atoms with Gasteiger partial charge in [0.25, 0.3) is 10.0 Å². The van der Waals surface area contributed by atoms with Crippen molar-refractivity contribution in [2.45, 2.75) is 57.8 Å². The van der Waals surface area contributed by atoms with Crippen LogP contribution in [0.15, 0.2) is 47.7 Å². The fourth-order valence-corrected chi connectivity index (χ4v) is 7.26. The number of H-pyrrole nitrogens is 1. The molecule has 2 aromatic rings. The van der Waals surface area contributed by atoms with Gasteiger partial charge in [0.1, 0.15) is 5.69 Å². The molecule has 4 rings (SSSR count). The summed E-state index contributed by atoms with van der Waals surface area (Å²) in [6, 6.07) is 0.918. The Morgan fingerprint density at radius 2 is 2.05 bits per heavy atom. The molecule has 37 heavy (non-hydrogen) atoms. The summed E-state index contributed by atoms with van der Waals surface area (Å²) in [5.41, 5.74) is 0.0665. The van der Waals surface area contributed by atoms with Crippen LogP contribution >= 0.6 is 0 Å². The summed E-state index contributed by atoms with van der Waals surface area (Å²) in [6.07, 6.45) is 1.95. The molecule has 2 atom stereocenters. The monoisotopic (exact) mass is 535 g/mol. The summed E-state index contributed by atoms with van der Waals surface area (Å²) in [6.45, 7) is 7.08. The molecule has 8 nitrogen and oxygen atoms in total. The number of aromatic nitrogens is 3. The molecule has 0 unspecified atom stereocenters. The number of nitrogens with one attached hydrogen (secondary N) is 1. The van der Waals surface area contributed by atoms with E-state index in [1.807, 2.05) is 6.08 Å². The summed E-state index contributed by atoms with van der Waals surface area (Å²) in [7, 11) is -2.64. The molecule has 198 valence electrons. The van der Waals surface area contributed by atoms with Crippen molar-refractivity contribution in [3.63, 3.8) is 0 Å². The van der Waals surface area contributed by atoms with Crippen LogP contribution < -0.4 is 0 Å². The number of aliphatic imine (C=N–C) groups is 1. The van der Waals surface area contributed by atoms with Crippen molar-refractivity contribution in [2.24, 2.45) is 10.4 Å². The van der Waals surface area contributed by atoms with Crippen molar-refractivity contribution in [2.75, 3.05) is 7.05 Å². The lowest BCUT2D eigenvalue weighted by atomic mass is 9.60. The molecule has 0 aliphatic heterocycles. The van der Waals surface area contributed by atoms with E-state index in [1.54, 1.807) is 20.0 Å². The second kappa shape index (κ2) is 9.64. The second-order valence-corrected chi connectivity index (χ2v) is 11.4. The van der Waals surface area contributed by atoms with Gasteiger partial charge in [-0.1, -0.05) is 12.2 Å². The summed E-state index contributed by atoms with van der Waals surface area (Å²) >= 11 is 0. The Hall–Kier alpha value is -3.12. The van der Waals surface area contributed by atoms with Crippen LogP contribution in [0.2, 0.25) is 0 Å². The minimum atomic E-state index is -4.58. The van der Waals surface area contributed by atoms with E-state index in [0.717, 1.165) is 29.0 Å². The molecule has 12 heteroatoms. The highest BCUT2D eigenvalue weighted by Crippen LogP contribution is 2.51. The van der Waals surface area contributed by atoms with Crippen molar-refractivity contribution in [3.8, 4) is 0 Å². The number of fused-ring (bicyclic) bond motifs is 2. The predicted octanol–water partition coefficient (Wildman–Crippen LogP) is 4.44. The fourth-order valence-electron chi connectivity index (χ4n) is 5.47. The Kier molecular flexibility index (Phi) is 7.02. The quantitative estimate of drug-likeness (QED) is 0.334. The van der Waals surface area contributed by atoms with Crippen molar-refractivity contribution in [1.29, 1.82) is 0 Å². The first-order valence-corrected chi connectivity index (χ1v) is 13.2. The van der Waals surface area contributed by atoms with Crippen LogP contribution in [-0.2, 0) is 22.6 Å². The number of carbonyl (C=O) groups is 1. The minimum absolute atomic E-state index is 0.104. The maximum Gasteiger partial charge on any atom is 0.417 e. The largest absolute Gasteiger partial charge is 0.417 e. The Balaban J connectivity index is 1.80. The maximum absolute atomic E-state index is 14.1. The number of hydrogen-bond acceptors (Lipinski definition) is 6. The predicted molar refractivity (Wildman–Crippen MR) is 133 cm³/mol. The highest BCUT2D eigenvalue weighted by molar-refractivity contribution is 8.04. The van der Waals surface area contributed by atoms with Crippen LogP contribution in [0.3, 0.4) is 0 Å². The van der Waals surface area contributed by atoms with E-state index in [2.05, 4.69) is 26.8 Å². The number of hydrogen-bond donors (Lipinski definition) is 1. The maximum atomic E-state index is 14.1. The van der Waals surface area contributed by atoms with Gasteiger partial charge in [0.05, 0.1) is 22.9 Å². The van der Waals surface area contributed by atoms with E-state index in [-0.39, 0.29) is 23.6 Å². The van der Waals surface area contributed by atoms with E-state index in [0.29, 0.717) is 19.0 Å². The van der Waals surface area contributed by atoms with Crippen LogP contribution in [0.25, 0.3) is 6.08 Å². The van der Waals surface area contributed by atoms with Crippen molar-refractivity contribution >= 4 is 26.9 Å². The van der Waals surface area contributed by atoms with Gasteiger partial charge in [-0.2, -0.15) is 22.6 Å². The second-order valence-electron chi connectivity index (χ2n) is 9.59. The molecule has 1 saturated carbocycles. The molecule has 0 radical (unpaired) electrons. The van der Waals surface area contributed by atoms with E-state index < -0.39 is 45.0 Å². The molecule has 0 amide bonds. The number of halogens is 3. The van der Waals surface area contributed by atoms with Gasteiger partial charge in [0.2, 0.25) is 0 Å². The third-order valence-electron chi connectivity index (χ3n) is 7.07. The third kappa shape index (κ3) is 4.68. The molecular formula is C25H28F3N5O3S. The lowest BCUT2D eigenvalue weighted by Gasteiger charge is -2.47. The van der Waals surface area contributed by atoms with Gasteiger partial charge in [-0.25, -0.2) is 8.42 Å². The highest BCUT2D eigenvalue weighted by Gasteiger charge is 2.52. The number of rotatable bonds is 6. The van der Waals surface area contributed by atoms with Crippen LogP contribution in [0.1, 0.15) is 60.4 Å². The van der Waals surface area contributed by atoms with Crippen molar-refractivity contribution in [1.82, 2.24) is 19.5 Å². The minimum Gasteiger partial charge on any atom is -0.291 e. The van der Waals surface area contributed by atoms with Gasteiger partial charge in [-0.15, -0.1) is 0 Å². The molecule has 0 saturated heterocycles. The number of Topliss-reactive ketones (excluding diaryl/α,β-unsaturated/α-hetero) is 1. The zero-order chi connectivity index (χ0) is 27.2. The molecule has 0 aromatic carbocycles. The molecule has 0 bridgehead atoms. The van der Waals surface area contributed by atoms with Crippen molar-refractivity contribution < 1.29 is 26.4 Å². The van der Waals surface area contributed by atoms with Gasteiger partial charge < -0.3 is 0 Å². The number of sulfonamides is 1. The molecular weight excluding hydrogens is 507 g/mol. The number of nitrogens with zero attached hydrogens (tertiary/aromatic N) is 4. The smallest absolute Gasteiger partial charge is 0.291 e. The zero-order valence-electron chi connectivity index (χ0n) is 20.7. The van der Waals surface area contributed by atoms with Crippen LogP contribution in [0, 0.1) is 5.41 Å². The van der Waals surface area contributed by atoms with E-state index >= 15 is 0 Å². The number of pyridine rings is 1. The Morgan fingerprint density at radius 1 is 1.32 bits per heavy atom. The van der Waals surface area contributed by atoms with Crippen molar-refractivity contribution in [3.05, 3.63) is 65.3 Å². The Labute approximate surface area is 213 Å². The van der Waals surface area contributed by atoms with Gasteiger partial charge in [-0.05, 0) is 69.4 Å². The van der Waals surface area contributed by atoms with Crippen LogP contribution in [-0.4, -0.2) is 57.9 Å². The van der Waals surface area contributed by atoms with E-state index in [1.165, 1.54) is 17.4 Å². The Bertz CT molecular complexity index is 1380. The first-order chi connectivity index (χ1) is 17.3. The number of aromatic amines is 1. The summed E-state index contributed by atoms with van der Waals surface area (Å²) in [5, 5.41) is 6.81. The topological polar surface area (TPSA) is 108 Å². The standard InChI is InChI=1S/C25H28F3N5O3S/c1-5-22(29-4)37(35,36)33(15(2)3)19-8-6-17-10-21-16(13-31-32-21)11-24(17,12-19)23(34)20-9-7-18(14-30-20)25(26,27)28/h5,7,9-10,13-15,19H,1,6,8,11-12H2,2-4H3,(H,31,32)/b29-22+/t19-,24-/m0/s1. The number of allylic oxidation sites excluding steroid dienone is 1. The van der Waals surface area contributed by atoms with Gasteiger partial charge >= 0.3 is 6.18 Å². The first kappa shape index (κ1) is 26.9. The normalized spacial score (nSPS) is 22.4. The molecule has 2 heterocycles. The summed E-state index contributed by atoms with van der Waals surface area (Å²) in [4.78, 5) is 21.8. The van der Waals surface area contributed by atoms with Gasteiger partial charge in [-0.3, -0.25) is 19.9 Å². The first-order valence-electron chi connectivity index (χ1n) is 11.8. The average molecular weight is 536 g/mol. The lowest BCUT2D eigenvalue weighted by Crippen LogP contribution is -2.53. The van der Waals surface area contributed by atoms with Crippen LogP contribution in [0.5, 0.6) is 0 Å². The SMILES string of the molecule is C=C/C(=N\C)S(=O)(=O)N(C(C)C)[C@H]1CCC2=Cc3[nH]ncc3C[C@]2(C(=O)c2ccc(C(F)(F)F)cn2)C1. The van der Waals surface area contributed by atoms with Gasteiger partial charge in [0.15, 0.2) is 10.8 Å². The zero-order valence-corrected chi connectivity index (χ0v) is 21.5. The lowest BCUT2D eigenvalue weighted by molar-refractivity contribution is -0.137. The molecule has 1 fully saturated rings. The fraction of sp³-hybridized carbons (Fsp3) is 0.440. The summed E-state index contributed by atoms with van der Waals surface area (Å²) < 4.78 is 67.7. The summed E-state index contributed by atoms with van der Waals surface area (Å²) in [5.74, 6) is -0.446. The van der Waals surface area contributed by atoms with Gasteiger partial charge in [0, 0.05) is 25.3 Å². The highest BCUT2D eigenvalue weighted by atomic mass is 32.2. The van der Waals surface area contributed by atoms with E-state index in [4.69, 9.17) is 0 Å². The van der Waals surface area contributed by atoms with Crippen LogP contribution in [0.4, 0.5) is 13.2 Å².